The molecule has 0 fully saturated rings. The van der Waals surface area contributed by atoms with Gasteiger partial charge >= 0.3 is 0 Å². The van der Waals surface area contributed by atoms with Crippen LogP contribution in [0.3, 0.4) is 0 Å². The average Bonchev–Trinajstić information content (AvgIpc) is 3.12. The second-order valence-electron chi connectivity index (χ2n) is 6.52. The van der Waals surface area contributed by atoms with E-state index in [1.165, 1.54) is 0 Å². The number of aliphatic hydroxyl groups is 1. The van der Waals surface area contributed by atoms with Gasteiger partial charge in [0.15, 0.2) is 5.58 Å². The summed E-state index contributed by atoms with van der Waals surface area (Å²) in [5.74, 6) is 0. The van der Waals surface area contributed by atoms with Crippen molar-refractivity contribution in [3.05, 3.63) is 83.7 Å². The molecule has 27 heavy (non-hydrogen) atoms. The summed E-state index contributed by atoms with van der Waals surface area (Å²) in [7, 11) is 0. The SMILES string of the molecule is N[C@@H](Cc1cccc(CCO)n1)c1ccccc1-c1noc2ccccc12. The summed E-state index contributed by atoms with van der Waals surface area (Å²) >= 11 is 0. The van der Waals surface area contributed by atoms with Crippen LogP contribution in [0.1, 0.15) is 23.0 Å². The maximum Gasteiger partial charge on any atom is 0.167 e. The van der Waals surface area contributed by atoms with Gasteiger partial charge in [0.1, 0.15) is 5.69 Å². The number of para-hydroxylation sites is 1. The molecule has 0 bridgehead atoms. The summed E-state index contributed by atoms with van der Waals surface area (Å²) in [4.78, 5) is 4.60. The highest BCUT2D eigenvalue weighted by Gasteiger charge is 2.18. The van der Waals surface area contributed by atoms with Crippen LogP contribution in [0.4, 0.5) is 0 Å². The fourth-order valence-corrected chi connectivity index (χ4v) is 3.35. The fourth-order valence-electron chi connectivity index (χ4n) is 3.35. The van der Waals surface area contributed by atoms with Gasteiger partial charge < -0.3 is 15.4 Å². The molecular formula is C22H21N3O2. The zero-order valence-electron chi connectivity index (χ0n) is 14.9. The lowest BCUT2D eigenvalue weighted by molar-refractivity contribution is 0.298. The summed E-state index contributed by atoms with van der Waals surface area (Å²) < 4.78 is 5.47. The predicted octanol–water partition coefficient (Wildman–Crippen LogP) is 3.67. The van der Waals surface area contributed by atoms with Crippen molar-refractivity contribution in [3.63, 3.8) is 0 Å². The van der Waals surface area contributed by atoms with E-state index in [2.05, 4.69) is 10.1 Å². The van der Waals surface area contributed by atoms with Crippen LogP contribution >= 0.6 is 0 Å². The van der Waals surface area contributed by atoms with E-state index < -0.39 is 0 Å². The van der Waals surface area contributed by atoms with Gasteiger partial charge in [-0.05, 0) is 29.8 Å². The number of aliphatic hydroxyl groups excluding tert-OH is 1. The first-order valence-electron chi connectivity index (χ1n) is 9.01. The Labute approximate surface area is 157 Å². The molecule has 5 nitrogen and oxygen atoms in total. The molecule has 1 atom stereocenters. The molecule has 0 radical (unpaired) electrons. The number of hydrogen-bond donors (Lipinski definition) is 2. The van der Waals surface area contributed by atoms with Crippen LogP contribution in [0.15, 0.2) is 71.3 Å². The van der Waals surface area contributed by atoms with Crippen LogP contribution in [0.2, 0.25) is 0 Å². The Morgan fingerprint density at radius 3 is 2.59 bits per heavy atom. The third-order valence-corrected chi connectivity index (χ3v) is 4.65. The highest BCUT2D eigenvalue weighted by molar-refractivity contribution is 5.92. The zero-order valence-corrected chi connectivity index (χ0v) is 14.9. The molecule has 2 aromatic carbocycles. The number of benzene rings is 2. The van der Waals surface area contributed by atoms with Gasteiger partial charge in [0.25, 0.3) is 0 Å². The molecule has 136 valence electrons. The highest BCUT2D eigenvalue weighted by Crippen LogP contribution is 2.33. The Bertz CT molecular complexity index is 1060. The van der Waals surface area contributed by atoms with Crippen LogP contribution in [-0.4, -0.2) is 21.9 Å². The van der Waals surface area contributed by atoms with Gasteiger partial charge in [0.2, 0.25) is 0 Å². The summed E-state index contributed by atoms with van der Waals surface area (Å²) in [6.45, 7) is 0.0879. The Morgan fingerprint density at radius 2 is 1.70 bits per heavy atom. The molecule has 0 unspecified atom stereocenters. The van der Waals surface area contributed by atoms with Crippen LogP contribution < -0.4 is 5.73 Å². The Kier molecular flexibility index (Phi) is 4.96. The first-order valence-corrected chi connectivity index (χ1v) is 9.01. The molecule has 0 aliphatic rings. The molecule has 0 saturated heterocycles. The van der Waals surface area contributed by atoms with E-state index >= 15 is 0 Å². The van der Waals surface area contributed by atoms with Gasteiger partial charge in [0.05, 0.1) is 0 Å². The Morgan fingerprint density at radius 1 is 0.926 bits per heavy atom. The Balaban J connectivity index is 1.67. The number of nitrogens with two attached hydrogens (primary N) is 1. The van der Waals surface area contributed by atoms with Gasteiger partial charge in [-0.15, -0.1) is 0 Å². The number of aromatic nitrogens is 2. The third-order valence-electron chi connectivity index (χ3n) is 4.65. The number of rotatable bonds is 6. The summed E-state index contributed by atoms with van der Waals surface area (Å²) in [5.41, 5.74) is 11.9. The molecule has 0 aliphatic heterocycles. The molecule has 4 aromatic rings. The zero-order chi connectivity index (χ0) is 18.6. The van der Waals surface area contributed by atoms with Crippen LogP contribution in [-0.2, 0) is 12.8 Å². The molecule has 5 heteroatoms. The lowest BCUT2D eigenvalue weighted by Gasteiger charge is -2.16. The number of fused-ring (bicyclic) bond motifs is 1. The van der Waals surface area contributed by atoms with Gasteiger partial charge in [-0.25, -0.2) is 0 Å². The van der Waals surface area contributed by atoms with E-state index in [4.69, 9.17) is 15.4 Å². The van der Waals surface area contributed by atoms with E-state index in [0.29, 0.717) is 12.8 Å². The molecule has 0 saturated carbocycles. The summed E-state index contributed by atoms with van der Waals surface area (Å²) in [5, 5.41) is 14.4. The van der Waals surface area contributed by atoms with Crippen LogP contribution in [0.25, 0.3) is 22.2 Å². The largest absolute Gasteiger partial charge is 0.396 e. The highest BCUT2D eigenvalue weighted by atomic mass is 16.5. The van der Waals surface area contributed by atoms with Gasteiger partial charge in [0, 0.05) is 47.8 Å². The van der Waals surface area contributed by atoms with Crippen LogP contribution in [0, 0.1) is 0 Å². The maximum atomic E-state index is 9.12. The van der Waals surface area contributed by atoms with Crippen molar-refractivity contribution in [2.45, 2.75) is 18.9 Å². The summed E-state index contributed by atoms with van der Waals surface area (Å²) in [6.07, 6.45) is 1.15. The van der Waals surface area contributed by atoms with E-state index in [1.54, 1.807) is 0 Å². The summed E-state index contributed by atoms with van der Waals surface area (Å²) in [6, 6.07) is 21.4. The molecule has 2 aromatic heterocycles. The second-order valence-corrected chi connectivity index (χ2v) is 6.52. The minimum Gasteiger partial charge on any atom is -0.396 e. The quantitative estimate of drug-likeness (QED) is 0.549. The minimum absolute atomic E-state index is 0.0879. The monoisotopic (exact) mass is 359 g/mol. The first kappa shape index (κ1) is 17.4. The average molecular weight is 359 g/mol. The molecular weight excluding hydrogens is 338 g/mol. The van der Waals surface area contributed by atoms with Crippen molar-refractivity contribution in [1.29, 1.82) is 0 Å². The molecule has 3 N–H and O–H groups in total. The first-order chi connectivity index (χ1) is 13.3. The topological polar surface area (TPSA) is 85.2 Å². The van der Waals surface area contributed by atoms with Gasteiger partial charge in [-0.1, -0.05) is 47.6 Å². The van der Waals surface area contributed by atoms with Crippen molar-refractivity contribution in [2.75, 3.05) is 6.61 Å². The van der Waals surface area contributed by atoms with E-state index in [0.717, 1.165) is 39.2 Å². The minimum atomic E-state index is -0.228. The Hall–Kier alpha value is -3.02. The van der Waals surface area contributed by atoms with E-state index in [-0.39, 0.29) is 12.6 Å². The lowest BCUT2D eigenvalue weighted by Crippen LogP contribution is -2.15. The van der Waals surface area contributed by atoms with Gasteiger partial charge in [-0.3, -0.25) is 4.98 Å². The van der Waals surface area contributed by atoms with Crippen molar-refractivity contribution in [1.82, 2.24) is 10.1 Å². The number of pyridine rings is 1. The molecule has 0 aliphatic carbocycles. The van der Waals surface area contributed by atoms with Gasteiger partial charge in [-0.2, -0.15) is 0 Å². The van der Waals surface area contributed by atoms with Crippen molar-refractivity contribution in [3.8, 4) is 11.3 Å². The molecule has 4 rings (SSSR count). The van der Waals surface area contributed by atoms with Crippen molar-refractivity contribution in [2.24, 2.45) is 5.73 Å². The third kappa shape index (κ3) is 3.60. The van der Waals surface area contributed by atoms with E-state index in [1.807, 2.05) is 66.7 Å². The fraction of sp³-hybridized carbons (Fsp3) is 0.182. The van der Waals surface area contributed by atoms with Crippen molar-refractivity contribution < 1.29 is 9.63 Å². The smallest absolute Gasteiger partial charge is 0.167 e. The maximum absolute atomic E-state index is 9.12. The van der Waals surface area contributed by atoms with Crippen molar-refractivity contribution >= 4 is 11.0 Å². The molecule has 2 heterocycles. The van der Waals surface area contributed by atoms with E-state index in [9.17, 15) is 0 Å². The predicted molar refractivity (Wildman–Crippen MR) is 105 cm³/mol. The second kappa shape index (κ2) is 7.70. The number of hydrogen-bond acceptors (Lipinski definition) is 5. The standard InChI is InChI=1S/C22H21N3O2/c23-20(14-16-7-5-6-15(24-16)12-13-26)17-8-1-2-9-18(17)22-19-10-3-4-11-21(19)27-25-22/h1-11,20,26H,12-14,23H2/t20-/m0/s1. The normalized spacial score (nSPS) is 12.4. The lowest BCUT2D eigenvalue weighted by atomic mass is 9.94. The molecule has 0 spiro atoms. The number of nitrogens with zero attached hydrogens (tertiary/aromatic N) is 2. The molecule has 0 amide bonds. The van der Waals surface area contributed by atoms with Crippen LogP contribution in [0.5, 0.6) is 0 Å².